The highest BCUT2D eigenvalue weighted by Gasteiger charge is 2.35. The minimum absolute atomic E-state index is 0.0828. The third-order valence-electron chi connectivity index (χ3n) is 3.65. The maximum absolute atomic E-state index is 14.1. The molecule has 9 heteroatoms. The third-order valence-corrected chi connectivity index (χ3v) is 3.65. The summed E-state index contributed by atoms with van der Waals surface area (Å²) in [6, 6.07) is 2.21. The maximum atomic E-state index is 14.1. The van der Waals surface area contributed by atoms with Crippen LogP contribution in [0.5, 0.6) is 5.75 Å². The predicted octanol–water partition coefficient (Wildman–Crippen LogP) is 2.86. The van der Waals surface area contributed by atoms with Crippen LogP contribution in [-0.4, -0.2) is 34.1 Å². The van der Waals surface area contributed by atoms with E-state index in [1.54, 1.807) is 11.8 Å². The summed E-state index contributed by atoms with van der Waals surface area (Å²) in [7, 11) is 0. The van der Waals surface area contributed by atoms with Crippen LogP contribution in [0, 0.1) is 5.82 Å². The Labute approximate surface area is 135 Å². The van der Waals surface area contributed by atoms with Crippen molar-refractivity contribution in [2.75, 3.05) is 18.0 Å². The smallest absolute Gasteiger partial charge is 0.433 e. The molecule has 2 aromatic heterocycles. The van der Waals surface area contributed by atoms with E-state index in [0.29, 0.717) is 25.2 Å². The maximum Gasteiger partial charge on any atom is 0.433 e. The Bertz CT molecular complexity index is 732. The Morgan fingerprint density at radius 2 is 2.00 bits per heavy atom. The number of hydrogen-bond donors (Lipinski definition) is 0. The zero-order valence-electron chi connectivity index (χ0n) is 12.7. The average Bonchev–Trinajstić information content (AvgIpc) is 2.51. The van der Waals surface area contributed by atoms with Gasteiger partial charge in [0.2, 0.25) is 0 Å². The molecule has 0 atom stereocenters. The predicted molar refractivity (Wildman–Crippen MR) is 77.2 cm³/mol. The summed E-state index contributed by atoms with van der Waals surface area (Å²) in [5.41, 5.74) is -0.682. The molecule has 1 fully saturated rings. The molecule has 0 aliphatic carbocycles. The van der Waals surface area contributed by atoms with E-state index in [1.165, 1.54) is 12.4 Å². The van der Waals surface area contributed by atoms with E-state index in [2.05, 4.69) is 15.0 Å². The lowest BCUT2D eigenvalue weighted by Gasteiger charge is -2.39. The van der Waals surface area contributed by atoms with E-state index in [0.717, 1.165) is 12.3 Å². The van der Waals surface area contributed by atoms with E-state index in [-0.39, 0.29) is 17.7 Å². The quantitative estimate of drug-likeness (QED) is 0.800. The second kappa shape index (κ2) is 6.21. The highest BCUT2D eigenvalue weighted by Crippen LogP contribution is 2.31. The monoisotopic (exact) mass is 342 g/mol. The van der Waals surface area contributed by atoms with Gasteiger partial charge < -0.3 is 9.64 Å². The van der Waals surface area contributed by atoms with Crippen LogP contribution in [0.15, 0.2) is 24.7 Å². The highest BCUT2D eigenvalue weighted by molar-refractivity contribution is 5.44. The number of alkyl halides is 3. The molecule has 0 saturated carbocycles. The van der Waals surface area contributed by atoms with Gasteiger partial charge in [-0.1, -0.05) is 6.92 Å². The van der Waals surface area contributed by atoms with Crippen molar-refractivity contribution in [1.29, 1.82) is 0 Å². The summed E-state index contributed by atoms with van der Waals surface area (Å²) in [5.74, 6) is -0.200. The number of pyridine rings is 1. The number of halogens is 4. The van der Waals surface area contributed by atoms with Gasteiger partial charge in [0.15, 0.2) is 11.6 Å². The summed E-state index contributed by atoms with van der Waals surface area (Å²) in [4.78, 5) is 12.7. The van der Waals surface area contributed by atoms with Gasteiger partial charge in [0.05, 0.1) is 18.8 Å². The molecule has 0 unspecified atom stereocenters. The zero-order valence-corrected chi connectivity index (χ0v) is 12.7. The van der Waals surface area contributed by atoms with Crippen LogP contribution in [0.2, 0.25) is 0 Å². The second-order valence-electron chi connectivity index (χ2n) is 5.33. The molecule has 128 valence electrons. The number of ether oxygens (including phenoxy) is 1. The third kappa shape index (κ3) is 3.24. The zero-order chi connectivity index (χ0) is 17.3. The van der Waals surface area contributed by atoms with Gasteiger partial charge in [-0.25, -0.2) is 14.4 Å². The largest absolute Gasteiger partial charge is 0.487 e. The summed E-state index contributed by atoms with van der Waals surface area (Å²) in [6.07, 6.45) is -2.07. The Kier molecular flexibility index (Phi) is 4.25. The average molecular weight is 342 g/mol. The van der Waals surface area contributed by atoms with E-state index in [4.69, 9.17) is 4.74 Å². The Balaban J connectivity index is 1.64. The molecule has 0 radical (unpaired) electrons. The van der Waals surface area contributed by atoms with Crippen molar-refractivity contribution in [3.63, 3.8) is 0 Å². The highest BCUT2D eigenvalue weighted by atomic mass is 19.4. The van der Waals surface area contributed by atoms with Crippen molar-refractivity contribution in [1.82, 2.24) is 15.0 Å². The van der Waals surface area contributed by atoms with E-state index >= 15 is 0 Å². The minimum Gasteiger partial charge on any atom is -0.487 e. The van der Waals surface area contributed by atoms with Crippen LogP contribution in [0.4, 0.5) is 23.4 Å². The molecular formula is C15H14F4N4O. The van der Waals surface area contributed by atoms with Gasteiger partial charge in [-0.3, -0.25) is 4.98 Å². The standard InChI is InChI=1S/C15H14F4N4O/c1-2-11-13(16)14(22-8-21-11)23-6-10(7-23)24-9-3-4-20-12(5-9)15(17,18)19/h3-5,8,10H,2,6-7H2,1H3. The normalized spacial score (nSPS) is 15.3. The molecule has 0 aromatic carbocycles. The lowest BCUT2D eigenvalue weighted by molar-refractivity contribution is -0.141. The van der Waals surface area contributed by atoms with Crippen molar-refractivity contribution in [2.24, 2.45) is 0 Å². The van der Waals surface area contributed by atoms with Crippen LogP contribution >= 0.6 is 0 Å². The van der Waals surface area contributed by atoms with Crippen molar-refractivity contribution in [2.45, 2.75) is 25.6 Å². The topological polar surface area (TPSA) is 51.1 Å². The van der Waals surface area contributed by atoms with Gasteiger partial charge in [-0.15, -0.1) is 0 Å². The van der Waals surface area contributed by atoms with Crippen molar-refractivity contribution in [3.8, 4) is 5.75 Å². The molecule has 3 rings (SSSR count). The van der Waals surface area contributed by atoms with Gasteiger partial charge >= 0.3 is 6.18 Å². The summed E-state index contributed by atoms with van der Waals surface area (Å²) in [5, 5.41) is 0. The van der Waals surface area contributed by atoms with Gasteiger partial charge in [0.25, 0.3) is 0 Å². The van der Waals surface area contributed by atoms with E-state index in [9.17, 15) is 17.6 Å². The number of rotatable bonds is 4. The Morgan fingerprint density at radius 3 is 2.67 bits per heavy atom. The summed E-state index contributed by atoms with van der Waals surface area (Å²) >= 11 is 0. The van der Waals surface area contributed by atoms with Crippen LogP contribution in [0.1, 0.15) is 18.3 Å². The fourth-order valence-electron chi connectivity index (χ4n) is 2.38. The molecule has 24 heavy (non-hydrogen) atoms. The van der Waals surface area contributed by atoms with E-state index < -0.39 is 17.7 Å². The first kappa shape index (κ1) is 16.4. The first-order chi connectivity index (χ1) is 11.4. The molecule has 0 spiro atoms. The van der Waals surface area contributed by atoms with Crippen molar-refractivity contribution in [3.05, 3.63) is 41.9 Å². The molecule has 5 nitrogen and oxygen atoms in total. The van der Waals surface area contributed by atoms with Crippen LogP contribution < -0.4 is 9.64 Å². The summed E-state index contributed by atoms with van der Waals surface area (Å²) < 4.78 is 57.5. The molecule has 1 saturated heterocycles. The van der Waals surface area contributed by atoms with E-state index in [1.807, 2.05) is 0 Å². The molecule has 0 amide bonds. The van der Waals surface area contributed by atoms with Crippen LogP contribution in [-0.2, 0) is 12.6 Å². The first-order valence-corrected chi connectivity index (χ1v) is 7.32. The number of aromatic nitrogens is 3. The fraction of sp³-hybridized carbons (Fsp3) is 0.400. The SMILES string of the molecule is CCc1ncnc(N2CC(Oc3ccnc(C(F)(F)F)c3)C2)c1F. The fourth-order valence-corrected chi connectivity index (χ4v) is 2.38. The van der Waals surface area contributed by atoms with Gasteiger partial charge in [-0.2, -0.15) is 13.2 Å². The Morgan fingerprint density at radius 1 is 1.25 bits per heavy atom. The summed E-state index contributed by atoms with van der Waals surface area (Å²) in [6.45, 7) is 2.46. The molecular weight excluding hydrogens is 328 g/mol. The lowest BCUT2D eigenvalue weighted by Crippen LogP contribution is -2.54. The molecule has 0 bridgehead atoms. The van der Waals surface area contributed by atoms with Crippen molar-refractivity contribution >= 4 is 5.82 Å². The van der Waals surface area contributed by atoms with Gasteiger partial charge in [0.1, 0.15) is 23.9 Å². The molecule has 1 aliphatic heterocycles. The Hall–Kier alpha value is -2.45. The van der Waals surface area contributed by atoms with Crippen LogP contribution in [0.3, 0.4) is 0 Å². The number of aryl methyl sites for hydroxylation is 1. The number of hydrogen-bond acceptors (Lipinski definition) is 5. The second-order valence-corrected chi connectivity index (χ2v) is 5.33. The number of nitrogens with zero attached hydrogens (tertiary/aromatic N) is 4. The number of anilines is 1. The molecule has 2 aromatic rings. The van der Waals surface area contributed by atoms with Gasteiger partial charge in [-0.05, 0) is 12.5 Å². The molecule has 3 heterocycles. The lowest BCUT2D eigenvalue weighted by atomic mass is 10.1. The van der Waals surface area contributed by atoms with Gasteiger partial charge in [0, 0.05) is 12.3 Å². The van der Waals surface area contributed by atoms with Crippen molar-refractivity contribution < 1.29 is 22.3 Å². The minimum atomic E-state index is -4.52. The molecule has 0 N–H and O–H groups in total. The first-order valence-electron chi connectivity index (χ1n) is 7.32. The molecule has 1 aliphatic rings. The van der Waals surface area contributed by atoms with Crippen LogP contribution in [0.25, 0.3) is 0 Å².